The maximum atomic E-state index is 13.2. The van der Waals surface area contributed by atoms with E-state index in [1.807, 2.05) is 66.7 Å². The topological polar surface area (TPSA) is 54.6 Å². The summed E-state index contributed by atoms with van der Waals surface area (Å²) in [5, 5.41) is 3.84. The van der Waals surface area contributed by atoms with Crippen molar-refractivity contribution < 1.29 is 9.21 Å². The number of hydrogen-bond acceptors (Lipinski definition) is 4. The molecule has 33 heavy (non-hydrogen) atoms. The summed E-state index contributed by atoms with van der Waals surface area (Å²) in [6.45, 7) is 0.502. The lowest BCUT2D eigenvalue weighted by Gasteiger charge is -2.12. The molecule has 5 rings (SSSR count). The molecule has 0 bridgehead atoms. The fourth-order valence-corrected chi connectivity index (χ4v) is 5.71. The molecule has 1 amide bonds. The second kappa shape index (κ2) is 9.89. The predicted molar refractivity (Wildman–Crippen MR) is 138 cm³/mol. The molecule has 0 atom stereocenters. The van der Waals surface area contributed by atoms with Gasteiger partial charge in [-0.25, -0.2) is 4.99 Å². The Kier molecular flexibility index (Phi) is 6.55. The van der Waals surface area contributed by atoms with Crippen LogP contribution in [0.5, 0.6) is 0 Å². The minimum atomic E-state index is -0.0559. The predicted octanol–water partition coefficient (Wildman–Crippen LogP) is 7.33. The van der Waals surface area contributed by atoms with Crippen LogP contribution in [0.25, 0.3) is 11.3 Å². The van der Waals surface area contributed by atoms with Gasteiger partial charge in [0.05, 0.1) is 11.8 Å². The van der Waals surface area contributed by atoms with E-state index in [0.717, 1.165) is 57.6 Å². The zero-order valence-corrected chi connectivity index (χ0v) is 20.4. The standard InChI is InChI=1S/C27H23BrN2O2S/c28-20-10-6-9-19(15-20)23-14-13-21(32-23)17-30-27-25(22-11-4-5-12-24(22)33-27)26(31)29-16-18-7-2-1-3-8-18/h1-3,6-10,13-15,17H,4-5,11-12,16H2,(H,29,31). The molecule has 1 aliphatic rings. The van der Waals surface area contributed by atoms with E-state index in [2.05, 4.69) is 21.2 Å². The number of aryl methyl sites for hydroxylation is 1. The van der Waals surface area contributed by atoms with Crippen molar-refractivity contribution in [3.63, 3.8) is 0 Å². The molecule has 2 aromatic heterocycles. The van der Waals surface area contributed by atoms with E-state index >= 15 is 0 Å². The number of nitrogens with one attached hydrogen (secondary N) is 1. The summed E-state index contributed by atoms with van der Waals surface area (Å²) >= 11 is 5.13. The minimum Gasteiger partial charge on any atom is -0.455 e. The third kappa shape index (κ3) is 5.02. The van der Waals surface area contributed by atoms with Crippen molar-refractivity contribution in [2.75, 3.05) is 0 Å². The van der Waals surface area contributed by atoms with Crippen LogP contribution in [0.3, 0.4) is 0 Å². The zero-order valence-electron chi connectivity index (χ0n) is 18.0. The maximum absolute atomic E-state index is 13.2. The molecule has 2 heterocycles. The lowest BCUT2D eigenvalue weighted by molar-refractivity contribution is 0.0951. The van der Waals surface area contributed by atoms with Gasteiger partial charge in [-0.1, -0.05) is 58.4 Å². The minimum absolute atomic E-state index is 0.0559. The van der Waals surface area contributed by atoms with Gasteiger partial charge in [0.2, 0.25) is 0 Å². The summed E-state index contributed by atoms with van der Waals surface area (Å²) in [5.41, 5.74) is 3.96. The van der Waals surface area contributed by atoms with Gasteiger partial charge in [-0.15, -0.1) is 11.3 Å². The first-order chi connectivity index (χ1) is 16.2. The number of hydrogen-bond donors (Lipinski definition) is 1. The van der Waals surface area contributed by atoms with Crippen molar-refractivity contribution in [2.24, 2.45) is 4.99 Å². The number of nitrogens with zero attached hydrogens (tertiary/aromatic N) is 1. The van der Waals surface area contributed by atoms with Crippen LogP contribution in [0.4, 0.5) is 5.00 Å². The Balaban J connectivity index is 1.39. The number of carbonyl (C=O) groups excluding carboxylic acids is 1. The molecule has 1 N–H and O–H groups in total. The SMILES string of the molecule is O=C(NCc1ccccc1)c1c(N=Cc2ccc(-c3cccc(Br)c3)o2)sc2c1CCCC2. The lowest BCUT2D eigenvalue weighted by atomic mass is 9.95. The lowest BCUT2D eigenvalue weighted by Crippen LogP contribution is -2.24. The van der Waals surface area contributed by atoms with Gasteiger partial charge in [0.15, 0.2) is 0 Å². The van der Waals surface area contributed by atoms with Crippen LogP contribution < -0.4 is 5.32 Å². The number of halogens is 1. The molecule has 166 valence electrons. The summed E-state index contributed by atoms with van der Waals surface area (Å²) < 4.78 is 6.99. The van der Waals surface area contributed by atoms with Crippen LogP contribution in [0.2, 0.25) is 0 Å². The maximum Gasteiger partial charge on any atom is 0.254 e. The summed E-state index contributed by atoms with van der Waals surface area (Å²) in [4.78, 5) is 19.2. The molecule has 0 spiro atoms. The van der Waals surface area contributed by atoms with Crippen molar-refractivity contribution in [3.8, 4) is 11.3 Å². The fraction of sp³-hybridized carbons (Fsp3) is 0.185. The average Bonchev–Trinajstić information content (AvgIpc) is 3.46. The highest BCUT2D eigenvalue weighted by Gasteiger charge is 2.25. The normalized spacial score (nSPS) is 13.2. The van der Waals surface area contributed by atoms with E-state index in [9.17, 15) is 4.79 Å². The van der Waals surface area contributed by atoms with Gasteiger partial charge in [0, 0.05) is 21.5 Å². The second-order valence-electron chi connectivity index (χ2n) is 8.03. The molecule has 0 unspecified atom stereocenters. The van der Waals surface area contributed by atoms with E-state index in [1.165, 1.54) is 10.4 Å². The van der Waals surface area contributed by atoms with Crippen LogP contribution in [-0.4, -0.2) is 12.1 Å². The quantitative estimate of drug-likeness (QED) is 0.271. The Morgan fingerprint density at radius 1 is 1.06 bits per heavy atom. The van der Waals surface area contributed by atoms with Gasteiger partial charge < -0.3 is 9.73 Å². The number of amides is 1. The number of rotatable bonds is 6. The van der Waals surface area contributed by atoms with Gasteiger partial charge in [-0.3, -0.25) is 4.79 Å². The summed E-state index contributed by atoms with van der Waals surface area (Å²) in [5.74, 6) is 1.38. The molecule has 0 saturated carbocycles. The Hall–Kier alpha value is -2.96. The van der Waals surface area contributed by atoms with Crippen molar-refractivity contribution in [1.29, 1.82) is 0 Å². The molecule has 4 nitrogen and oxygen atoms in total. The smallest absolute Gasteiger partial charge is 0.254 e. The van der Waals surface area contributed by atoms with E-state index in [-0.39, 0.29) is 5.91 Å². The van der Waals surface area contributed by atoms with E-state index < -0.39 is 0 Å². The van der Waals surface area contributed by atoms with Gasteiger partial charge >= 0.3 is 0 Å². The summed E-state index contributed by atoms with van der Waals surface area (Å²) in [6, 6.07) is 21.8. The van der Waals surface area contributed by atoms with Crippen molar-refractivity contribution in [2.45, 2.75) is 32.2 Å². The first kappa shape index (κ1) is 21.9. The molecule has 0 saturated heterocycles. The highest BCUT2D eigenvalue weighted by molar-refractivity contribution is 9.10. The van der Waals surface area contributed by atoms with Crippen molar-refractivity contribution in [3.05, 3.63) is 98.5 Å². The molecule has 4 aromatic rings. The zero-order chi connectivity index (χ0) is 22.6. The van der Waals surface area contributed by atoms with Crippen LogP contribution >= 0.6 is 27.3 Å². The number of carbonyl (C=O) groups is 1. The number of fused-ring (bicyclic) bond motifs is 1. The van der Waals surface area contributed by atoms with Crippen LogP contribution in [0.15, 0.2) is 80.6 Å². The number of furan rings is 1. The molecular weight excluding hydrogens is 496 g/mol. The van der Waals surface area contributed by atoms with Crippen molar-refractivity contribution >= 4 is 44.4 Å². The average molecular weight is 519 g/mol. The second-order valence-corrected chi connectivity index (χ2v) is 10.0. The number of benzene rings is 2. The van der Waals surface area contributed by atoms with E-state index in [4.69, 9.17) is 9.41 Å². The monoisotopic (exact) mass is 518 g/mol. The van der Waals surface area contributed by atoms with Crippen LogP contribution in [0, 0.1) is 0 Å². The largest absolute Gasteiger partial charge is 0.455 e. The molecule has 0 aliphatic heterocycles. The summed E-state index contributed by atoms with van der Waals surface area (Å²) in [7, 11) is 0. The Bertz CT molecular complexity index is 1310. The number of thiophene rings is 1. The van der Waals surface area contributed by atoms with Gasteiger partial charge in [-0.2, -0.15) is 0 Å². The summed E-state index contributed by atoms with van der Waals surface area (Å²) in [6.07, 6.45) is 5.94. The molecule has 6 heteroatoms. The molecule has 2 aromatic carbocycles. The third-order valence-electron chi connectivity index (χ3n) is 5.72. The van der Waals surface area contributed by atoms with Gasteiger partial charge in [-0.05, 0) is 61.1 Å². The molecular formula is C27H23BrN2O2S. The fourth-order valence-electron chi connectivity index (χ4n) is 4.08. The van der Waals surface area contributed by atoms with Crippen LogP contribution in [0.1, 0.15) is 45.0 Å². The number of aliphatic imine (C=N–C) groups is 1. The molecule has 0 fully saturated rings. The Labute approximate surface area is 205 Å². The Morgan fingerprint density at radius 3 is 2.76 bits per heavy atom. The first-order valence-electron chi connectivity index (χ1n) is 11.0. The van der Waals surface area contributed by atoms with Gasteiger partial charge in [0.25, 0.3) is 5.91 Å². The van der Waals surface area contributed by atoms with Gasteiger partial charge in [0.1, 0.15) is 16.5 Å². The van der Waals surface area contributed by atoms with E-state index in [0.29, 0.717) is 12.3 Å². The van der Waals surface area contributed by atoms with E-state index in [1.54, 1.807) is 17.6 Å². The molecule has 1 aliphatic carbocycles. The Morgan fingerprint density at radius 2 is 1.91 bits per heavy atom. The first-order valence-corrected chi connectivity index (χ1v) is 12.6. The third-order valence-corrected chi connectivity index (χ3v) is 7.41. The van der Waals surface area contributed by atoms with Crippen LogP contribution in [-0.2, 0) is 19.4 Å². The molecule has 0 radical (unpaired) electrons. The van der Waals surface area contributed by atoms with Crippen molar-refractivity contribution in [1.82, 2.24) is 5.32 Å². The highest BCUT2D eigenvalue weighted by atomic mass is 79.9. The highest BCUT2D eigenvalue weighted by Crippen LogP contribution is 2.40.